The van der Waals surface area contributed by atoms with Gasteiger partial charge in [-0.15, -0.1) is 0 Å². The number of halogens is 1. The highest BCUT2D eigenvalue weighted by molar-refractivity contribution is 6.31. The van der Waals surface area contributed by atoms with Crippen LogP contribution in [-0.4, -0.2) is 29.2 Å². The summed E-state index contributed by atoms with van der Waals surface area (Å²) < 4.78 is 0. The molecule has 0 saturated carbocycles. The van der Waals surface area contributed by atoms with Gasteiger partial charge in [0.1, 0.15) is 0 Å². The smallest absolute Gasteiger partial charge is 0.261 e. The minimum atomic E-state index is -0.359. The van der Waals surface area contributed by atoms with Gasteiger partial charge in [-0.3, -0.25) is 19.3 Å². The average Bonchev–Trinajstić information content (AvgIpc) is 2.82. The number of rotatable bonds is 4. The molecule has 0 spiro atoms. The van der Waals surface area contributed by atoms with Crippen LogP contribution in [0.3, 0.4) is 0 Å². The number of carbonyl (C=O) groups excluding carboxylic acids is 3. The second kappa shape index (κ2) is 6.45. The minimum absolute atomic E-state index is 0.0252. The Morgan fingerprint density at radius 2 is 1.67 bits per heavy atom. The van der Waals surface area contributed by atoms with Crippen molar-refractivity contribution in [3.05, 3.63) is 64.2 Å². The zero-order valence-corrected chi connectivity index (χ0v) is 13.8. The van der Waals surface area contributed by atoms with Crippen LogP contribution in [0.1, 0.15) is 32.7 Å². The molecule has 1 heterocycles. The first kappa shape index (κ1) is 16.2. The molecule has 5 nitrogen and oxygen atoms in total. The highest BCUT2D eigenvalue weighted by Crippen LogP contribution is 2.24. The fourth-order valence-electron chi connectivity index (χ4n) is 2.61. The quantitative estimate of drug-likeness (QED) is 0.867. The second-order valence-electron chi connectivity index (χ2n) is 5.52. The number of hydrogen-bond donors (Lipinski definition) is 1. The molecule has 6 heteroatoms. The Hall–Kier alpha value is -2.66. The number of nitrogens with zero attached hydrogens (tertiary/aromatic N) is 1. The van der Waals surface area contributed by atoms with Crippen LogP contribution in [0, 0.1) is 6.92 Å². The lowest BCUT2D eigenvalue weighted by molar-refractivity contribution is -0.116. The second-order valence-corrected chi connectivity index (χ2v) is 5.93. The van der Waals surface area contributed by atoms with E-state index in [1.165, 1.54) is 0 Å². The molecule has 1 aliphatic heterocycles. The van der Waals surface area contributed by atoms with Crippen LogP contribution in [-0.2, 0) is 4.79 Å². The summed E-state index contributed by atoms with van der Waals surface area (Å²) in [4.78, 5) is 37.7. The predicted molar refractivity (Wildman–Crippen MR) is 91.2 cm³/mol. The highest BCUT2D eigenvalue weighted by atomic mass is 35.5. The van der Waals surface area contributed by atoms with Gasteiger partial charge in [-0.2, -0.15) is 0 Å². The minimum Gasteiger partial charge on any atom is -0.326 e. The molecule has 2 aromatic rings. The third-order valence-corrected chi connectivity index (χ3v) is 4.39. The predicted octanol–water partition coefficient (Wildman–Crippen LogP) is 3.27. The molecule has 3 amide bonds. The maximum atomic E-state index is 12.2. The summed E-state index contributed by atoms with van der Waals surface area (Å²) in [5, 5.41) is 3.32. The van der Waals surface area contributed by atoms with Crippen molar-refractivity contribution >= 4 is 35.0 Å². The van der Waals surface area contributed by atoms with Crippen LogP contribution in [0.15, 0.2) is 42.5 Å². The summed E-state index contributed by atoms with van der Waals surface area (Å²) in [6, 6.07) is 11.9. The Balaban J connectivity index is 1.64. The van der Waals surface area contributed by atoms with Crippen molar-refractivity contribution in [2.24, 2.45) is 0 Å². The zero-order valence-electron chi connectivity index (χ0n) is 13.0. The van der Waals surface area contributed by atoms with E-state index in [2.05, 4.69) is 5.32 Å². The molecule has 0 atom stereocenters. The molecule has 0 saturated heterocycles. The average molecular weight is 343 g/mol. The van der Waals surface area contributed by atoms with E-state index in [1.54, 1.807) is 42.5 Å². The molecule has 0 fully saturated rings. The van der Waals surface area contributed by atoms with E-state index in [0.29, 0.717) is 21.8 Å². The van der Waals surface area contributed by atoms with Crippen molar-refractivity contribution in [1.29, 1.82) is 0 Å². The first-order chi connectivity index (χ1) is 11.5. The fraction of sp³-hybridized carbons (Fsp3) is 0.167. The van der Waals surface area contributed by atoms with E-state index in [0.717, 1.165) is 10.5 Å². The van der Waals surface area contributed by atoms with Crippen molar-refractivity contribution in [2.45, 2.75) is 13.3 Å². The number of hydrogen-bond acceptors (Lipinski definition) is 3. The Bertz CT molecular complexity index is 813. The molecule has 0 aliphatic carbocycles. The maximum absolute atomic E-state index is 12.2. The van der Waals surface area contributed by atoms with Crippen molar-refractivity contribution in [3.63, 3.8) is 0 Å². The Kier molecular flexibility index (Phi) is 4.36. The van der Waals surface area contributed by atoms with Gasteiger partial charge < -0.3 is 5.32 Å². The van der Waals surface area contributed by atoms with Gasteiger partial charge >= 0.3 is 0 Å². The Labute approximate surface area is 144 Å². The normalized spacial score (nSPS) is 13.2. The third kappa shape index (κ3) is 2.90. The molecule has 1 N–H and O–H groups in total. The van der Waals surface area contributed by atoms with Gasteiger partial charge in [-0.1, -0.05) is 29.8 Å². The maximum Gasteiger partial charge on any atom is 0.261 e. The lowest BCUT2D eigenvalue weighted by Crippen LogP contribution is -2.32. The monoisotopic (exact) mass is 342 g/mol. The first-order valence-corrected chi connectivity index (χ1v) is 7.87. The van der Waals surface area contributed by atoms with Crippen molar-refractivity contribution < 1.29 is 14.4 Å². The summed E-state index contributed by atoms with van der Waals surface area (Å²) in [7, 11) is 0. The molecule has 3 rings (SSSR count). The van der Waals surface area contributed by atoms with Gasteiger partial charge in [0.2, 0.25) is 5.91 Å². The van der Waals surface area contributed by atoms with Crippen LogP contribution in [0.4, 0.5) is 5.69 Å². The number of anilines is 1. The molecule has 0 aromatic heterocycles. The van der Waals surface area contributed by atoms with Crippen molar-refractivity contribution in [3.8, 4) is 0 Å². The largest absolute Gasteiger partial charge is 0.326 e. The lowest BCUT2D eigenvalue weighted by Gasteiger charge is -2.14. The molecular formula is C18H15ClN2O3. The van der Waals surface area contributed by atoms with Gasteiger partial charge in [0.25, 0.3) is 11.8 Å². The number of imide groups is 1. The van der Waals surface area contributed by atoms with Gasteiger partial charge in [-0.25, -0.2) is 0 Å². The number of nitrogens with one attached hydrogen (secondary N) is 1. The Morgan fingerprint density at radius 3 is 2.29 bits per heavy atom. The molecule has 2 aromatic carbocycles. The van der Waals surface area contributed by atoms with Crippen LogP contribution in [0.5, 0.6) is 0 Å². The van der Waals surface area contributed by atoms with Crippen LogP contribution < -0.4 is 5.32 Å². The molecule has 0 unspecified atom stereocenters. The van der Waals surface area contributed by atoms with E-state index in [-0.39, 0.29) is 30.7 Å². The molecule has 122 valence electrons. The summed E-state index contributed by atoms with van der Waals surface area (Å²) >= 11 is 6.02. The lowest BCUT2D eigenvalue weighted by atomic mass is 10.1. The van der Waals surface area contributed by atoms with Gasteiger partial charge in [0.15, 0.2) is 0 Å². The number of fused-ring (bicyclic) bond motifs is 1. The fourth-order valence-corrected chi connectivity index (χ4v) is 2.79. The SMILES string of the molecule is Cc1c(Cl)cccc1NC(=O)CCN1C(=O)c2ccccc2C1=O. The van der Waals surface area contributed by atoms with E-state index >= 15 is 0 Å². The van der Waals surface area contributed by atoms with Crippen LogP contribution >= 0.6 is 11.6 Å². The molecule has 1 aliphatic rings. The number of carbonyl (C=O) groups is 3. The molecular weight excluding hydrogens is 328 g/mol. The van der Waals surface area contributed by atoms with E-state index in [9.17, 15) is 14.4 Å². The molecule has 0 radical (unpaired) electrons. The van der Waals surface area contributed by atoms with Crippen molar-refractivity contribution in [2.75, 3.05) is 11.9 Å². The Morgan fingerprint density at radius 1 is 1.04 bits per heavy atom. The van der Waals surface area contributed by atoms with Crippen molar-refractivity contribution in [1.82, 2.24) is 4.90 Å². The number of amides is 3. The van der Waals surface area contributed by atoms with E-state index < -0.39 is 0 Å². The highest BCUT2D eigenvalue weighted by Gasteiger charge is 2.34. The summed E-state index contributed by atoms with van der Waals surface area (Å²) in [5.74, 6) is -0.999. The van der Waals surface area contributed by atoms with Gasteiger partial charge in [-0.05, 0) is 36.8 Å². The molecule has 0 bridgehead atoms. The zero-order chi connectivity index (χ0) is 17.3. The van der Waals surface area contributed by atoms with Gasteiger partial charge in [0, 0.05) is 23.7 Å². The molecule has 24 heavy (non-hydrogen) atoms. The summed E-state index contributed by atoms with van der Waals surface area (Å²) in [6.07, 6.45) is 0.0252. The van der Waals surface area contributed by atoms with Gasteiger partial charge in [0.05, 0.1) is 11.1 Å². The third-order valence-electron chi connectivity index (χ3n) is 3.98. The summed E-state index contributed by atoms with van der Waals surface area (Å²) in [5.41, 5.74) is 2.16. The first-order valence-electron chi connectivity index (χ1n) is 7.49. The van der Waals surface area contributed by atoms with E-state index in [1.807, 2.05) is 6.92 Å². The van der Waals surface area contributed by atoms with Crippen LogP contribution in [0.2, 0.25) is 5.02 Å². The topological polar surface area (TPSA) is 66.5 Å². The number of benzene rings is 2. The standard InChI is InChI=1S/C18H15ClN2O3/c1-11-14(19)7-4-8-15(11)20-16(22)9-10-21-17(23)12-5-2-3-6-13(12)18(21)24/h2-8H,9-10H2,1H3,(H,20,22). The summed E-state index contributed by atoms with van der Waals surface area (Å²) in [6.45, 7) is 1.85. The van der Waals surface area contributed by atoms with Crippen LogP contribution in [0.25, 0.3) is 0 Å². The van der Waals surface area contributed by atoms with E-state index in [4.69, 9.17) is 11.6 Å².